The Bertz CT molecular complexity index is 308. The molecule has 0 bridgehead atoms. The number of aromatic carboxylic acids is 1. The second-order valence-corrected chi connectivity index (χ2v) is 3.21. The van der Waals surface area contributed by atoms with Crippen molar-refractivity contribution in [2.24, 2.45) is 0 Å². The highest BCUT2D eigenvalue weighted by Gasteiger charge is 2.07. The zero-order valence-electron chi connectivity index (χ0n) is 8.40. The summed E-state index contributed by atoms with van der Waals surface area (Å²) in [5.41, 5.74) is 0.169. The van der Waals surface area contributed by atoms with E-state index in [1.807, 2.05) is 0 Å². The largest absolute Gasteiger partial charge is 0.478 e. The van der Waals surface area contributed by atoms with E-state index in [-0.39, 0.29) is 12.2 Å². The maximum absolute atomic E-state index is 10.5. The van der Waals surface area contributed by atoms with Gasteiger partial charge >= 0.3 is 5.97 Å². The third kappa shape index (κ3) is 4.14. The fourth-order valence-corrected chi connectivity index (χ4v) is 1.16. The standard InChI is InChI=1S/C10H15NO4/c12-4-2-1-3-11-6-9-5-8(7-15-9)10(13)14/h5,7,11-12H,1-4,6H2,(H,13,14). The van der Waals surface area contributed by atoms with Gasteiger partial charge in [-0.1, -0.05) is 0 Å². The quantitative estimate of drug-likeness (QED) is 0.584. The fourth-order valence-electron chi connectivity index (χ4n) is 1.16. The molecule has 0 spiro atoms. The molecule has 1 aromatic rings. The van der Waals surface area contributed by atoms with Crippen molar-refractivity contribution in [3.63, 3.8) is 0 Å². The van der Waals surface area contributed by atoms with Crippen LogP contribution in [0.25, 0.3) is 0 Å². The highest BCUT2D eigenvalue weighted by molar-refractivity contribution is 5.87. The second-order valence-electron chi connectivity index (χ2n) is 3.21. The van der Waals surface area contributed by atoms with Gasteiger partial charge in [-0.15, -0.1) is 0 Å². The van der Waals surface area contributed by atoms with Gasteiger partial charge in [0.25, 0.3) is 0 Å². The van der Waals surface area contributed by atoms with Crippen molar-refractivity contribution < 1.29 is 19.4 Å². The maximum Gasteiger partial charge on any atom is 0.338 e. The average Bonchev–Trinajstić information content (AvgIpc) is 2.66. The molecule has 0 aliphatic rings. The van der Waals surface area contributed by atoms with E-state index in [0.717, 1.165) is 19.4 Å². The highest BCUT2D eigenvalue weighted by atomic mass is 16.4. The molecule has 0 aliphatic heterocycles. The third-order valence-corrected chi connectivity index (χ3v) is 1.96. The average molecular weight is 213 g/mol. The number of carbonyl (C=O) groups is 1. The highest BCUT2D eigenvalue weighted by Crippen LogP contribution is 2.07. The SMILES string of the molecule is O=C(O)c1coc(CNCCCCO)c1. The molecular formula is C10H15NO4. The van der Waals surface area contributed by atoms with E-state index in [0.29, 0.717) is 12.3 Å². The van der Waals surface area contributed by atoms with E-state index in [9.17, 15) is 4.79 Å². The monoisotopic (exact) mass is 213 g/mol. The summed E-state index contributed by atoms with van der Waals surface area (Å²) in [5, 5.41) is 20.3. The molecular weight excluding hydrogens is 198 g/mol. The summed E-state index contributed by atoms with van der Waals surface area (Å²) in [6.45, 7) is 1.49. The second kappa shape index (κ2) is 6.21. The summed E-state index contributed by atoms with van der Waals surface area (Å²) in [6.07, 6.45) is 2.89. The lowest BCUT2D eigenvalue weighted by Crippen LogP contribution is -2.14. The first kappa shape index (κ1) is 11.7. The molecule has 0 aromatic carbocycles. The summed E-state index contributed by atoms with van der Waals surface area (Å²) in [4.78, 5) is 10.5. The molecule has 0 saturated carbocycles. The zero-order valence-corrected chi connectivity index (χ0v) is 8.40. The summed E-state index contributed by atoms with van der Waals surface area (Å²) in [5.74, 6) is -0.373. The molecule has 0 amide bonds. The van der Waals surface area contributed by atoms with Gasteiger partial charge in [-0.05, 0) is 25.5 Å². The van der Waals surface area contributed by atoms with Crippen LogP contribution in [0.1, 0.15) is 29.0 Å². The number of aliphatic hydroxyl groups is 1. The zero-order chi connectivity index (χ0) is 11.1. The molecule has 15 heavy (non-hydrogen) atoms. The van der Waals surface area contributed by atoms with Crippen LogP contribution < -0.4 is 5.32 Å². The van der Waals surface area contributed by atoms with Crippen LogP contribution >= 0.6 is 0 Å². The van der Waals surface area contributed by atoms with Crippen LogP contribution in [0.5, 0.6) is 0 Å². The van der Waals surface area contributed by atoms with E-state index in [1.165, 1.54) is 12.3 Å². The topological polar surface area (TPSA) is 82.7 Å². The van der Waals surface area contributed by atoms with Crippen molar-refractivity contribution in [3.8, 4) is 0 Å². The van der Waals surface area contributed by atoms with Crippen molar-refractivity contribution >= 4 is 5.97 Å². The number of nitrogens with one attached hydrogen (secondary N) is 1. The summed E-state index contributed by atoms with van der Waals surface area (Å²) >= 11 is 0. The Balaban J connectivity index is 2.23. The smallest absolute Gasteiger partial charge is 0.338 e. The van der Waals surface area contributed by atoms with E-state index >= 15 is 0 Å². The Kier molecular flexibility index (Phi) is 4.86. The van der Waals surface area contributed by atoms with Gasteiger partial charge in [-0.25, -0.2) is 4.79 Å². The predicted molar refractivity (Wildman–Crippen MR) is 53.7 cm³/mol. The molecule has 3 N–H and O–H groups in total. The van der Waals surface area contributed by atoms with Gasteiger partial charge in [-0.3, -0.25) is 0 Å². The molecule has 0 atom stereocenters. The first-order valence-corrected chi connectivity index (χ1v) is 4.86. The molecule has 5 heteroatoms. The number of aliphatic hydroxyl groups excluding tert-OH is 1. The van der Waals surface area contributed by atoms with Gasteiger partial charge in [0.2, 0.25) is 0 Å². The Labute approximate surface area is 87.7 Å². The van der Waals surface area contributed by atoms with E-state index in [2.05, 4.69) is 5.32 Å². The van der Waals surface area contributed by atoms with Crippen LogP contribution in [0.4, 0.5) is 0 Å². The summed E-state index contributed by atoms with van der Waals surface area (Å²) < 4.78 is 5.04. The van der Waals surface area contributed by atoms with E-state index in [1.54, 1.807) is 0 Å². The minimum absolute atomic E-state index is 0.169. The van der Waals surface area contributed by atoms with Crippen LogP contribution in [0, 0.1) is 0 Å². The minimum atomic E-state index is -0.981. The Morgan fingerprint density at radius 2 is 2.27 bits per heavy atom. The van der Waals surface area contributed by atoms with Gasteiger partial charge < -0.3 is 19.9 Å². The van der Waals surface area contributed by atoms with E-state index in [4.69, 9.17) is 14.6 Å². The number of furan rings is 1. The molecule has 0 radical (unpaired) electrons. The molecule has 0 fully saturated rings. The first-order valence-electron chi connectivity index (χ1n) is 4.86. The lowest BCUT2D eigenvalue weighted by Gasteiger charge is -2.00. The number of hydrogen-bond donors (Lipinski definition) is 3. The molecule has 0 unspecified atom stereocenters. The molecule has 84 valence electrons. The van der Waals surface area contributed by atoms with Gasteiger partial charge in [0.05, 0.1) is 12.1 Å². The predicted octanol–water partition coefficient (Wildman–Crippen LogP) is 0.840. The lowest BCUT2D eigenvalue weighted by molar-refractivity contribution is 0.0696. The minimum Gasteiger partial charge on any atom is -0.478 e. The number of rotatable bonds is 7. The number of carboxylic acids is 1. The van der Waals surface area contributed by atoms with Crippen LogP contribution in [-0.4, -0.2) is 29.3 Å². The molecule has 1 aromatic heterocycles. The normalized spacial score (nSPS) is 10.5. The number of hydrogen-bond acceptors (Lipinski definition) is 4. The van der Waals surface area contributed by atoms with Crippen molar-refractivity contribution in [2.75, 3.05) is 13.2 Å². The van der Waals surface area contributed by atoms with Crippen molar-refractivity contribution in [2.45, 2.75) is 19.4 Å². The lowest BCUT2D eigenvalue weighted by atomic mass is 10.3. The van der Waals surface area contributed by atoms with Crippen molar-refractivity contribution in [1.29, 1.82) is 0 Å². The number of carboxylic acid groups (broad SMARTS) is 1. The third-order valence-electron chi connectivity index (χ3n) is 1.96. The van der Waals surface area contributed by atoms with Crippen LogP contribution in [-0.2, 0) is 6.54 Å². The molecule has 1 heterocycles. The van der Waals surface area contributed by atoms with Gasteiger partial charge in [0.15, 0.2) is 0 Å². The van der Waals surface area contributed by atoms with Crippen molar-refractivity contribution in [1.82, 2.24) is 5.32 Å². The maximum atomic E-state index is 10.5. The van der Waals surface area contributed by atoms with Gasteiger partial charge in [0, 0.05) is 6.61 Å². The van der Waals surface area contributed by atoms with E-state index < -0.39 is 5.97 Å². The van der Waals surface area contributed by atoms with Crippen LogP contribution in [0.3, 0.4) is 0 Å². The Morgan fingerprint density at radius 1 is 1.47 bits per heavy atom. The van der Waals surface area contributed by atoms with Crippen LogP contribution in [0.2, 0.25) is 0 Å². The molecule has 5 nitrogen and oxygen atoms in total. The number of unbranched alkanes of at least 4 members (excludes halogenated alkanes) is 1. The summed E-state index contributed by atoms with van der Waals surface area (Å²) in [7, 11) is 0. The van der Waals surface area contributed by atoms with Gasteiger partial charge in [0.1, 0.15) is 12.0 Å². The molecule has 0 saturated heterocycles. The fraction of sp³-hybridized carbons (Fsp3) is 0.500. The Morgan fingerprint density at radius 3 is 2.87 bits per heavy atom. The van der Waals surface area contributed by atoms with Gasteiger partial charge in [-0.2, -0.15) is 0 Å². The Hall–Kier alpha value is -1.33. The van der Waals surface area contributed by atoms with Crippen molar-refractivity contribution in [3.05, 3.63) is 23.7 Å². The molecule has 0 aliphatic carbocycles. The summed E-state index contributed by atoms with van der Waals surface area (Å²) in [6, 6.07) is 1.50. The first-order chi connectivity index (χ1) is 7.24. The molecule has 1 rings (SSSR count). The van der Waals surface area contributed by atoms with Crippen LogP contribution in [0.15, 0.2) is 16.7 Å².